The van der Waals surface area contributed by atoms with Gasteiger partial charge in [-0.15, -0.1) is 0 Å². The molecular formula is C29H34N2O2. The lowest BCUT2D eigenvalue weighted by atomic mass is 9.94. The highest BCUT2D eigenvalue weighted by atomic mass is 16.5. The molecule has 0 bridgehead atoms. The van der Waals surface area contributed by atoms with E-state index >= 15 is 0 Å². The van der Waals surface area contributed by atoms with Gasteiger partial charge in [0.05, 0.1) is 6.61 Å². The number of hydrogen-bond donors (Lipinski definition) is 0. The monoisotopic (exact) mass is 442 g/mol. The van der Waals surface area contributed by atoms with Gasteiger partial charge in [-0.3, -0.25) is 9.69 Å². The fraction of sp³-hybridized carbons (Fsp3) is 0.345. The van der Waals surface area contributed by atoms with Crippen molar-refractivity contribution < 1.29 is 9.53 Å². The van der Waals surface area contributed by atoms with Crippen LogP contribution in [0.3, 0.4) is 0 Å². The molecular weight excluding hydrogens is 408 g/mol. The SMILES string of the molecule is CCOc1cccc(CN2CCC(C(=O)N(Cc3ccccc3)Cc3ccccc3)CC2)c1. The third-order valence-electron chi connectivity index (χ3n) is 6.30. The molecule has 0 N–H and O–H groups in total. The summed E-state index contributed by atoms with van der Waals surface area (Å²) in [4.78, 5) is 18.1. The molecule has 172 valence electrons. The van der Waals surface area contributed by atoms with Gasteiger partial charge in [0.25, 0.3) is 0 Å². The van der Waals surface area contributed by atoms with E-state index in [0.717, 1.165) is 38.2 Å². The van der Waals surface area contributed by atoms with Gasteiger partial charge < -0.3 is 9.64 Å². The summed E-state index contributed by atoms with van der Waals surface area (Å²) in [6.07, 6.45) is 1.81. The zero-order valence-corrected chi connectivity index (χ0v) is 19.5. The van der Waals surface area contributed by atoms with Gasteiger partial charge in [0.1, 0.15) is 5.75 Å². The third-order valence-corrected chi connectivity index (χ3v) is 6.30. The Balaban J connectivity index is 1.37. The van der Waals surface area contributed by atoms with E-state index in [1.165, 1.54) is 16.7 Å². The van der Waals surface area contributed by atoms with Crippen LogP contribution in [0.15, 0.2) is 84.9 Å². The fourth-order valence-corrected chi connectivity index (χ4v) is 4.57. The van der Waals surface area contributed by atoms with Crippen molar-refractivity contribution >= 4 is 5.91 Å². The largest absolute Gasteiger partial charge is 0.494 e. The first-order chi connectivity index (χ1) is 16.2. The van der Waals surface area contributed by atoms with E-state index in [0.29, 0.717) is 19.7 Å². The minimum atomic E-state index is 0.0865. The normalized spacial score (nSPS) is 14.7. The predicted molar refractivity (Wildman–Crippen MR) is 133 cm³/mol. The average Bonchev–Trinajstić information content (AvgIpc) is 2.85. The van der Waals surface area contributed by atoms with Crippen LogP contribution in [-0.2, 0) is 24.4 Å². The Hall–Kier alpha value is -3.11. The van der Waals surface area contributed by atoms with E-state index in [2.05, 4.69) is 47.4 Å². The van der Waals surface area contributed by atoms with E-state index in [1.54, 1.807) is 0 Å². The van der Waals surface area contributed by atoms with Crippen LogP contribution < -0.4 is 4.74 Å². The van der Waals surface area contributed by atoms with E-state index in [4.69, 9.17) is 4.74 Å². The minimum Gasteiger partial charge on any atom is -0.494 e. The molecule has 0 spiro atoms. The first kappa shape index (κ1) is 23.1. The number of rotatable bonds is 9. The second-order valence-electron chi connectivity index (χ2n) is 8.80. The fourth-order valence-electron chi connectivity index (χ4n) is 4.57. The molecule has 4 heteroatoms. The number of piperidine rings is 1. The molecule has 1 saturated heterocycles. The zero-order valence-electron chi connectivity index (χ0n) is 19.5. The van der Waals surface area contributed by atoms with E-state index in [9.17, 15) is 4.79 Å². The van der Waals surface area contributed by atoms with Crippen LogP contribution in [0.2, 0.25) is 0 Å². The molecule has 0 aromatic heterocycles. The molecule has 4 rings (SSSR count). The van der Waals surface area contributed by atoms with Gasteiger partial charge in [-0.1, -0.05) is 72.8 Å². The summed E-state index contributed by atoms with van der Waals surface area (Å²) < 4.78 is 5.64. The van der Waals surface area contributed by atoms with Gasteiger partial charge in [-0.2, -0.15) is 0 Å². The van der Waals surface area contributed by atoms with Crippen LogP contribution in [0.1, 0.15) is 36.5 Å². The van der Waals surface area contributed by atoms with Gasteiger partial charge >= 0.3 is 0 Å². The quantitative estimate of drug-likeness (QED) is 0.437. The number of carbonyl (C=O) groups is 1. The van der Waals surface area contributed by atoms with Crippen LogP contribution in [0.4, 0.5) is 0 Å². The van der Waals surface area contributed by atoms with Crippen LogP contribution in [-0.4, -0.2) is 35.4 Å². The molecule has 0 saturated carbocycles. The lowest BCUT2D eigenvalue weighted by molar-refractivity contribution is -0.138. The highest BCUT2D eigenvalue weighted by Crippen LogP contribution is 2.24. The van der Waals surface area contributed by atoms with Crippen LogP contribution >= 0.6 is 0 Å². The molecule has 1 heterocycles. The summed E-state index contributed by atoms with van der Waals surface area (Å²) in [7, 11) is 0. The molecule has 0 atom stereocenters. The molecule has 33 heavy (non-hydrogen) atoms. The Bertz CT molecular complexity index is 957. The van der Waals surface area contributed by atoms with Crippen molar-refractivity contribution in [2.45, 2.75) is 39.4 Å². The van der Waals surface area contributed by atoms with Crippen LogP contribution in [0.5, 0.6) is 5.75 Å². The number of ether oxygens (including phenoxy) is 1. The maximum absolute atomic E-state index is 13.6. The van der Waals surface area contributed by atoms with E-state index < -0.39 is 0 Å². The maximum Gasteiger partial charge on any atom is 0.226 e. The molecule has 0 radical (unpaired) electrons. The highest BCUT2D eigenvalue weighted by molar-refractivity contribution is 5.79. The third kappa shape index (κ3) is 6.69. The van der Waals surface area contributed by atoms with Crippen molar-refractivity contribution in [2.75, 3.05) is 19.7 Å². The molecule has 0 aliphatic carbocycles. The molecule has 3 aromatic rings. The molecule has 1 fully saturated rings. The average molecular weight is 443 g/mol. The Morgan fingerprint density at radius 2 is 1.42 bits per heavy atom. The summed E-state index contributed by atoms with van der Waals surface area (Å²) in [5, 5.41) is 0. The van der Waals surface area contributed by atoms with Crippen molar-refractivity contribution in [1.29, 1.82) is 0 Å². The molecule has 3 aromatic carbocycles. The Morgan fingerprint density at radius 1 is 0.848 bits per heavy atom. The van der Waals surface area contributed by atoms with E-state index in [-0.39, 0.29) is 11.8 Å². The van der Waals surface area contributed by atoms with Crippen molar-refractivity contribution in [1.82, 2.24) is 9.80 Å². The molecule has 0 unspecified atom stereocenters. The number of carbonyl (C=O) groups excluding carboxylic acids is 1. The van der Waals surface area contributed by atoms with Crippen molar-refractivity contribution in [3.05, 3.63) is 102 Å². The standard InChI is InChI=1S/C29H34N2O2/c1-2-33-28-15-9-14-26(20-28)21-30-18-16-27(17-19-30)29(32)31(22-24-10-5-3-6-11-24)23-25-12-7-4-8-13-25/h3-15,20,27H,2,16-19,21-23H2,1H3. The second-order valence-corrected chi connectivity index (χ2v) is 8.80. The van der Waals surface area contributed by atoms with Gasteiger partial charge in [-0.25, -0.2) is 0 Å². The Labute approximate surface area is 197 Å². The van der Waals surface area contributed by atoms with Crippen LogP contribution in [0.25, 0.3) is 0 Å². The van der Waals surface area contributed by atoms with Gasteiger partial charge in [0.15, 0.2) is 0 Å². The highest BCUT2D eigenvalue weighted by Gasteiger charge is 2.29. The lowest BCUT2D eigenvalue weighted by Gasteiger charge is -2.34. The lowest BCUT2D eigenvalue weighted by Crippen LogP contribution is -2.41. The van der Waals surface area contributed by atoms with E-state index in [1.807, 2.05) is 54.3 Å². The van der Waals surface area contributed by atoms with Gasteiger partial charge in [0.2, 0.25) is 5.91 Å². The number of hydrogen-bond acceptors (Lipinski definition) is 3. The number of amides is 1. The van der Waals surface area contributed by atoms with Crippen molar-refractivity contribution in [2.24, 2.45) is 5.92 Å². The summed E-state index contributed by atoms with van der Waals surface area (Å²) in [6.45, 7) is 6.78. The van der Waals surface area contributed by atoms with Gasteiger partial charge in [-0.05, 0) is 61.7 Å². The Morgan fingerprint density at radius 3 is 2.00 bits per heavy atom. The summed E-state index contributed by atoms with van der Waals surface area (Å²) in [5.74, 6) is 1.29. The minimum absolute atomic E-state index is 0.0865. The number of nitrogens with zero attached hydrogens (tertiary/aromatic N) is 2. The topological polar surface area (TPSA) is 32.8 Å². The summed E-state index contributed by atoms with van der Waals surface area (Å²) in [5.41, 5.74) is 3.61. The predicted octanol–water partition coefficient (Wildman–Crippen LogP) is 5.53. The first-order valence-corrected chi connectivity index (χ1v) is 12.0. The molecule has 1 amide bonds. The first-order valence-electron chi connectivity index (χ1n) is 12.0. The number of benzene rings is 3. The second kappa shape index (κ2) is 11.7. The summed E-state index contributed by atoms with van der Waals surface area (Å²) in [6, 6.07) is 29.0. The maximum atomic E-state index is 13.6. The smallest absolute Gasteiger partial charge is 0.226 e. The molecule has 4 nitrogen and oxygen atoms in total. The summed E-state index contributed by atoms with van der Waals surface area (Å²) >= 11 is 0. The zero-order chi connectivity index (χ0) is 22.9. The van der Waals surface area contributed by atoms with Crippen molar-refractivity contribution in [3.63, 3.8) is 0 Å². The van der Waals surface area contributed by atoms with Crippen molar-refractivity contribution in [3.8, 4) is 5.75 Å². The Kier molecular flexibility index (Phi) is 8.15. The number of likely N-dealkylation sites (tertiary alicyclic amines) is 1. The molecule has 1 aliphatic heterocycles. The van der Waals surface area contributed by atoms with Gasteiger partial charge in [0, 0.05) is 25.6 Å². The molecule has 1 aliphatic rings. The van der Waals surface area contributed by atoms with Crippen LogP contribution in [0, 0.1) is 5.92 Å².